The Hall–Kier alpha value is -1.06. The molecule has 1 aromatic rings. The summed E-state index contributed by atoms with van der Waals surface area (Å²) in [6, 6.07) is 6.04. The van der Waals surface area contributed by atoms with Crippen molar-refractivity contribution in [1.29, 1.82) is 0 Å². The summed E-state index contributed by atoms with van der Waals surface area (Å²) in [5.41, 5.74) is 11.1. The summed E-state index contributed by atoms with van der Waals surface area (Å²) in [7, 11) is 0. The molecule has 64 valence electrons. The molecule has 0 radical (unpaired) electrons. The summed E-state index contributed by atoms with van der Waals surface area (Å²) in [6.45, 7) is 0. The monoisotopic (exact) mass is 184 g/mol. The summed E-state index contributed by atoms with van der Waals surface area (Å²) < 4.78 is 0. The smallest absolute Gasteiger partial charge is 0.238 e. The van der Waals surface area contributed by atoms with E-state index in [-0.39, 0.29) is 0 Å². The minimum absolute atomic E-state index is 0.462. The number of carbonyl (C=O) groups is 1. The third kappa shape index (κ3) is 1.75. The third-order valence-corrected chi connectivity index (χ3v) is 1.89. The minimum atomic E-state index is -0.821. The summed E-state index contributed by atoms with van der Waals surface area (Å²) in [6.07, 6.45) is 0. The molecule has 0 saturated carbocycles. The average Bonchev–Trinajstić information content (AvgIpc) is 2.04. The maximum absolute atomic E-state index is 10.7. The van der Waals surface area contributed by atoms with E-state index in [1.165, 1.54) is 0 Å². The zero-order valence-electron chi connectivity index (χ0n) is 6.33. The van der Waals surface area contributed by atoms with Crippen molar-refractivity contribution in [2.75, 3.05) is 0 Å². The number of benzene rings is 1. The second-order valence-electron chi connectivity index (χ2n) is 2.40. The van der Waals surface area contributed by atoms with E-state index in [1.54, 1.807) is 24.3 Å². The Kier molecular flexibility index (Phi) is 2.68. The van der Waals surface area contributed by atoms with Crippen molar-refractivity contribution < 1.29 is 4.79 Å². The van der Waals surface area contributed by atoms with Gasteiger partial charge in [0.2, 0.25) is 5.91 Å². The molecule has 3 nitrogen and oxygen atoms in total. The first kappa shape index (κ1) is 9.03. The van der Waals surface area contributed by atoms with Crippen LogP contribution in [0.3, 0.4) is 0 Å². The molecule has 12 heavy (non-hydrogen) atoms. The van der Waals surface area contributed by atoms with Gasteiger partial charge in [-0.1, -0.05) is 29.8 Å². The van der Waals surface area contributed by atoms with E-state index >= 15 is 0 Å². The highest BCUT2D eigenvalue weighted by Crippen LogP contribution is 2.20. The summed E-state index contributed by atoms with van der Waals surface area (Å²) >= 11 is 5.78. The van der Waals surface area contributed by atoms with Gasteiger partial charge in [-0.05, 0) is 11.6 Å². The van der Waals surface area contributed by atoms with Gasteiger partial charge in [-0.3, -0.25) is 4.79 Å². The van der Waals surface area contributed by atoms with Crippen LogP contribution < -0.4 is 11.5 Å². The zero-order chi connectivity index (χ0) is 9.14. The lowest BCUT2D eigenvalue weighted by Crippen LogP contribution is -2.28. The molecule has 1 rings (SSSR count). The van der Waals surface area contributed by atoms with Gasteiger partial charge in [-0.15, -0.1) is 0 Å². The normalized spacial score (nSPS) is 12.5. The third-order valence-electron chi connectivity index (χ3n) is 1.55. The molecule has 4 N–H and O–H groups in total. The molecule has 0 bridgehead atoms. The van der Waals surface area contributed by atoms with Gasteiger partial charge in [0.1, 0.15) is 6.04 Å². The lowest BCUT2D eigenvalue weighted by molar-refractivity contribution is -0.119. The van der Waals surface area contributed by atoms with Crippen molar-refractivity contribution >= 4 is 17.5 Å². The molecule has 0 fully saturated rings. The van der Waals surface area contributed by atoms with E-state index in [0.717, 1.165) is 0 Å². The highest BCUT2D eigenvalue weighted by atomic mass is 35.5. The van der Waals surface area contributed by atoms with Crippen molar-refractivity contribution in [3.8, 4) is 0 Å². The largest absolute Gasteiger partial charge is 0.368 e. The highest BCUT2D eigenvalue weighted by Gasteiger charge is 2.14. The van der Waals surface area contributed by atoms with Gasteiger partial charge >= 0.3 is 0 Å². The van der Waals surface area contributed by atoms with E-state index < -0.39 is 11.9 Å². The molecule has 0 unspecified atom stereocenters. The second-order valence-corrected chi connectivity index (χ2v) is 2.81. The Labute approximate surface area is 75.3 Å². The fraction of sp³-hybridized carbons (Fsp3) is 0.125. The first-order valence-electron chi connectivity index (χ1n) is 3.42. The Morgan fingerprint density at radius 2 is 2.00 bits per heavy atom. The molecule has 0 aliphatic rings. The number of nitrogens with two attached hydrogens (primary N) is 2. The summed E-state index contributed by atoms with van der Waals surface area (Å²) in [4.78, 5) is 10.7. The van der Waals surface area contributed by atoms with Crippen LogP contribution in [0.2, 0.25) is 5.02 Å². The molecular weight excluding hydrogens is 176 g/mol. The highest BCUT2D eigenvalue weighted by molar-refractivity contribution is 6.31. The molecule has 1 aromatic carbocycles. The molecule has 0 aromatic heterocycles. The molecule has 0 heterocycles. The quantitative estimate of drug-likeness (QED) is 0.715. The number of halogens is 1. The number of hydrogen-bond donors (Lipinski definition) is 2. The Balaban J connectivity index is 3.02. The predicted molar refractivity (Wildman–Crippen MR) is 47.6 cm³/mol. The molecule has 0 aliphatic heterocycles. The molecule has 1 atom stereocenters. The number of carbonyl (C=O) groups excluding carboxylic acids is 1. The van der Waals surface area contributed by atoms with E-state index in [0.29, 0.717) is 10.6 Å². The van der Waals surface area contributed by atoms with E-state index in [9.17, 15) is 4.79 Å². The van der Waals surface area contributed by atoms with Crippen LogP contribution in [-0.4, -0.2) is 5.91 Å². The molecule has 0 spiro atoms. The van der Waals surface area contributed by atoms with Gasteiger partial charge in [0, 0.05) is 5.02 Å². The number of amides is 1. The molecular formula is C8H9ClN2O. The molecule has 1 amide bonds. The number of hydrogen-bond acceptors (Lipinski definition) is 2. The fourth-order valence-corrected chi connectivity index (χ4v) is 1.13. The van der Waals surface area contributed by atoms with Crippen LogP contribution in [0.5, 0.6) is 0 Å². The van der Waals surface area contributed by atoms with Crippen molar-refractivity contribution in [3.63, 3.8) is 0 Å². The van der Waals surface area contributed by atoms with Crippen LogP contribution in [0.15, 0.2) is 24.3 Å². The first-order chi connectivity index (χ1) is 5.63. The standard InChI is InChI=1S/C8H9ClN2O/c9-6-4-2-1-3-5(6)7(10)8(11)12/h1-4,7H,10H2,(H2,11,12)/t7-/m0/s1. The molecule has 4 heteroatoms. The zero-order valence-corrected chi connectivity index (χ0v) is 7.08. The lowest BCUT2D eigenvalue weighted by atomic mass is 10.1. The lowest BCUT2D eigenvalue weighted by Gasteiger charge is -2.08. The SMILES string of the molecule is NC(=O)[C@@H](N)c1ccccc1Cl. The van der Waals surface area contributed by atoms with Gasteiger partial charge in [0.15, 0.2) is 0 Å². The van der Waals surface area contributed by atoms with Crippen LogP contribution in [0.4, 0.5) is 0 Å². The topological polar surface area (TPSA) is 69.1 Å². The summed E-state index contributed by atoms with van der Waals surface area (Å²) in [5, 5.41) is 0.462. The van der Waals surface area contributed by atoms with Gasteiger partial charge < -0.3 is 11.5 Å². The van der Waals surface area contributed by atoms with Gasteiger partial charge in [-0.25, -0.2) is 0 Å². The van der Waals surface area contributed by atoms with Crippen molar-refractivity contribution in [3.05, 3.63) is 34.9 Å². The number of primary amides is 1. The fourth-order valence-electron chi connectivity index (χ4n) is 0.881. The van der Waals surface area contributed by atoms with Gasteiger partial charge in [-0.2, -0.15) is 0 Å². The second kappa shape index (κ2) is 3.56. The van der Waals surface area contributed by atoms with Crippen molar-refractivity contribution in [2.24, 2.45) is 11.5 Å². The van der Waals surface area contributed by atoms with E-state index in [4.69, 9.17) is 23.1 Å². The van der Waals surface area contributed by atoms with Crippen LogP contribution in [0.1, 0.15) is 11.6 Å². The van der Waals surface area contributed by atoms with E-state index in [2.05, 4.69) is 0 Å². The Bertz CT molecular complexity index is 301. The van der Waals surface area contributed by atoms with Crippen molar-refractivity contribution in [2.45, 2.75) is 6.04 Å². The van der Waals surface area contributed by atoms with Gasteiger partial charge in [0.05, 0.1) is 0 Å². The van der Waals surface area contributed by atoms with Gasteiger partial charge in [0.25, 0.3) is 0 Å². The minimum Gasteiger partial charge on any atom is -0.368 e. The van der Waals surface area contributed by atoms with Crippen LogP contribution in [0.25, 0.3) is 0 Å². The predicted octanol–water partition coefficient (Wildman–Crippen LogP) is 0.825. The summed E-state index contributed by atoms with van der Waals surface area (Å²) in [5.74, 6) is -0.580. The average molecular weight is 185 g/mol. The van der Waals surface area contributed by atoms with E-state index in [1.807, 2.05) is 0 Å². The number of rotatable bonds is 2. The first-order valence-corrected chi connectivity index (χ1v) is 3.80. The maximum Gasteiger partial charge on any atom is 0.238 e. The maximum atomic E-state index is 10.7. The van der Waals surface area contributed by atoms with Crippen LogP contribution >= 0.6 is 11.6 Å². The van der Waals surface area contributed by atoms with Crippen molar-refractivity contribution in [1.82, 2.24) is 0 Å². The Morgan fingerprint density at radius 1 is 1.42 bits per heavy atom. The molecule has 0 aliphatic carbocycles. The molecule has 0 saturated heterocycles. The van der Waals surface area contributed by atoms with Crippen LogP contribution in [-0.2, 0) is 4.79 Å². The Morgan fingerprint density at radius 3 is 2.50 bits per heavy atom. The van der Waals surface area contributed by atoms with Crippen LogP contribution in [0, 0.1) is 0 Å².